The third kappa shape index (κ3) is 3.10. The quantitative estimate of drug-likeness (QED) is 0.749. The molecule has 0 spiro atoms. The molecule has 0 N–H and O–H groups in total. The Morgan fingerprint density at radius 2 is 1.81 bits per heavy atom. The van der Waals surface area contributed by atoms with Gasteiger partial charge >= 0.3 is 0 Å². The van der Waals surface area contributed by atoms with Gasteiger partial charge in [0.25, 0.3) is 0 Å². The molecule has 0 amide bonds. The van der Waals surface area contributed by atoms with Crippen molar-refractivity contribution >= 4 is 22.6 Å². The number of alkyl halides is 1. The van der Waals surface area contributed by atoms with Crippen molar-refractivity contribution in [1.29, 1.82) is 0 Å². The van der Waals surface area contributed by atoms with Gasteiger partial charge in [0.2, 0.25) is 0 Å². The van der Waals surface area contributed by atoms with Gasteiger partial charge in [0, 0.05) is 18.7 Å². The van der Waals surface area contributed by atoms with Gasteiger partial charge in [0.15, 0.2) is 11.5 Å². The van der Waals surface area contributed by atoms with Gasteiger partial charge in [0.05, 0.1) is 31.1 Å². The van der Waals surface area contributed by atoms with E-state index >= 15 is 0 Å². The summed E-state index contributed by atoms with van der Waals surface area (Å²) in [4.78, 5) is 4.63. The van der Waals surface area contributed by atoms with Crippen molar-refractivity contribution in [3.63, 3.8) is 0 Å². The molecule has 0 aliphatic carbocycles. The zero-order valence-corrected chi connectivity index (χ0v) is 14.1. The number of hydrogen-bond acceptors (Lipinski definition) is 3. The highest BCUT2D eigenvalue weighted by molar-refractivity contribution is 6.16. The van der Waals surface area contributed by atoms with E-state index in [1.54, 1.807) is 14.2 Å². The van der Waals surface area contributed by atoms with Crippen molar-refractivity contribution in [1.82, 2.24) is 9.55 Å². The predicted molar refractivity (Wildman–Crippen MR) is 86.5 cm³/mol. The summed E-state index contributed by atoms with van der Waals surface area (Å²) in [5, 5.41) is 0. The topological polar surface area (TPSA) is 36.3 Å². The Bertz CT molecular complexity index is 635. The number of nitrogens with zero attached hydrogens (tertiary/aromatic N) is 2. The van der Waals surface area contributed by atoms with Crippen LogP contribution >= 0.6 is 11.6 Å². The van der Waals surface area contributed by atoms with Gasteiger partial charge in [-0.15, -0.1) is 11.6 Å². The Hall–Kier alpha value is -1.42. The van der Waals surface area contributed by atoms with Crippen LogP contribution in [0.4, 0.5) is 0 Å². The van der Waals surface area contributed by atoms with Crippen LogP contribution < -0.4 is 9.47 Å². The van der Waals surface area contributed by atoms with Gasteiger partial charge < -0.3 is 14.0 Å². The molecule has 1 heterocycles. The van der Waals surface area contributed by atoms with Crippen molar-refractivity contribution < 1.29 is 9.47 Å². The fourth-order valence-corrected chi connectivity index (χ4v) is 2.52. The SMILES string of the molecule is CCC(C)(C)Cn1c(CCl)nc2cc(OC)c(OC)cc21. The summed E-state index contributed by atoms with van der Waals surface area (Å²) in [6.07, 6.45) is 1.09. The van der Waals surface area contributed by atoms with E-state index in [-0.39, 0.29) is 5.41 Å². The van der Waals surface area contributed by atoms with Crippen LogP contribution in [0.25, 0.3) is 11.0 Å². The molecule has 0 atom stereocenters. The molecule has 0 radical (unpaired) electrons. The van der Waals surface area contributed by atoms with Gasteiger partial charge in [-0.2, -0.15) is 0 Å². The Kier molecular flexibility index (Phi) is 4.67. The van der Waals surface area contributed by atoms with E-state index < -0.39 is 0 Å². The minimum atomic E-state index is 0.182. The molecule has 116 valence electrons. The molecule has 5 heteroatoms. The van der Waals surface area contributed by atoms with Crippen molar-refractivity contribution in [3.05, 3.63) is 18.0 Å². The second kappa shape index (κ2) is 6.14. The molecule has 21 heavy (non-hydrogen) atoms. The predicted octanol–water partition coefficient (Wildman–Crippen LogP) is 4.23. The largest absolute Gasteiger partial charge is 0.493 e. The fraction of sp³-hybridized carbons (Fsp3) is 0.562. The summed E-state index contributed by atoms with van der Waals surface area (Å²) in [5.41, 5.74) is 2.10. The normalized spacial score (nSPS) is 11.9. The maximum Gasteiger partial charge on any atom is 0.163 e. The standard InChI is InChI=1S/C16H23ClN2O2/c1-6-16(2,3)10-19-12-8-14(21-5)13(20-4)7-11(12)18-15(19)9-17/h7-8H,6,9-10H2,1-5H3. The first-order chi connectivity index (χ1) is 9.95. The van der Waals surface area contributed by atoms with Crippen LogP contribution in [-0.2, 0) is 12.4 Å². The lowest BCUT2D eigenvalue weighted by molar-refractivity contribution is 0.295. The average Bonchev–Trinajstić information content (AvgIpc) is 2.82. The number of ether oxygens (including phenoxy) is 2. The van der Waals surface area contributed by atoms with E-state index in [1.165, 1.54) is 0 Å². The highest BCUT2D eigenvalue weighted by atomic mass is 35.5. The smallest absolute Gasteiger partial charge is 0.163 e. The van der Waals surface area contributed by atoms with Crippen LogP contribution in [-0.4, -0.2) is 23.8 Å². The van der Waals surface area contributed by atoms with Crippen LogP contribution in [0, 0.1) is 5.41 Å². The lowest BCUT2D eigenvalue weighted by atomic mass is 9.90. The Morgan fingerprint density at radius 3 is 2.33 bits per heavy atom. The third-order valence-electron chi connectivity index (χ3n) is 4.00. The van der Waals surface area contributed by atoms with Crippen LogP contribution in [0.1, 0.15) is 33.0 Å². The van der Waals surface area contributed by atoms with Gasteiger partial charge in [-0.05, 0) is 11.8 Å². The summed E-state index contributed by atoms with van der Waals surface area (Å²) < 4.78 is 12.9. The number of rotatable bonds is 6. The second-order valence-corrected chi connectivity index (χ2v) is 6.23. The van der Waals surface area contributed by atoms with Gasteiger partial charge in [-0.1, -0.05) is 20.8 Å². The van der Waals surface area contributed by atoms with Crippen molar-refractivity contribution in [3.8, 4) is 11.5 Å². The van der Waals surface area contributed by atoms with Gasteiger partial charge in [0.1, 0.15) is 5.82 Å². The lowest BCUT2D eigenvalue weighted by Crippen LogP contribution is -2.20. The Balaban J connectivity index is 2.62. The molecular formula is C16H23ClN2O2. The molecule has 0 aliphatic heterocycles. The van der Waals surface area contributed by atoms with E-state index in [4.69, 9.17) is 21.1 Å². The van der Waals surface area contributed by atoms with E-state index in [0.29, 0.717) is 17.4 Å². The number of imidazole rings is 1. The maximum absolute atomic E-state index is 6.08. The second-order valence-electron chi connectivity index (χ2n) is 5.96. The molecule has 0 saturated carbocycles. The maximum atomic E-state index is 6.08. The summed E-state index contributed by atoms with van der Waals surface area (Å²) in [6.45, 7) is 7.57. The summed E-state index contributed by atoms with van der Waals surface area (Å²) in [5.74, 6) is 2.66. The summed E-state index contributed by atoms with van der Waals surface area (Å²) in [6, 6.07) is 3.88. The number of aromatic nitrogens is 2. The molecule has 1 aromatic heterocycles. The van der Waals surface area contributed by atoms with Gasteiger partial charge in [-0.3, -0.25) is 0 Å². The summed E-state index contributed by atoms with van der Waals surface area (Å²) in [7, 11) is 3.27. The molecule has 0 aliphatic rings. The van der Waals surface area contributed by atoms with Crippen molar-refractivity contribution in [2.45, 2.75) is 39.6 Å². The number of halogens is 1. The number of methoxy groups -OCH3 is 2. The van der Waals surface area contributed by atoms with Crippen molar-refractivity contribution in [2.75, 3.05) is 14.2 Å². The van der Waals surface area contributed by atoms with E-state index in [0.717, 1.165) is 29.8 Å². The Labute approximate surface area is 131 Å². The molecule has 2 rings (SSSR count). The number of benzene rings is 1. The monoisotopic (exact) mass is 310 g/mol. The number of hydrogen-bond donors (Lipinski definition) is 0. The van der Waals surface area contributed by atoms with E-state index in [2.05, 4.69) is 30.3 Å². The molecular weight excluding hydrogens is 288 g/mol. The van der Waals surface area contributed by atoms with Crippen LogP contribution in [0.15, 0.2) is 12.1 Å². The van der Waals surface area contributed by atoms with Gasteiger partial charge in [-0.25, -0.2) is 4.98 Å². The highest BCUT2D eigenvalue weighted by Crippen LogP contribution is 2.34. The third-order valence-corrected chi connectivity index (χ3v) is 4.23. The number of fused-ring (bicyclic) bond motifs is 1. The minimum absolute atomic E-state index is 0.182. The fourth-order valence-electron chi connectivity index (χ4n) is 2.32. The highest BCUT2D eigenvalue weighted by Gasteiger charge is 2.21. The van der Waals surface area contributed by atoms with Crippen LogP contribution in [0.5, 0.6) is 11.5 Å². The molecule has 0 fully saturated rings. The minimum Gasteiger partial charge on any atom is -0.493 e. The van der Waals surface area contributed by atoms with Crippen LogP contribution in [0.3, 0.4) is 0 Å². The summed E-state index contributed by atoms with van der Waals surface area (Å²) >= 11 is 6.08. The van der Waals surface area contributed by atoms with Crippen molar-refractivity contribution in [2.24, 2.45) is 5.41 Å². The molecule has 0 bridgehead atoms. The van der Waals surface area contributed by atoms with E-state index in [1.807, 2.05) is 12.1 Å². The first-order valence-electron chi connectivity index (χ1n) is 7.13. The van der Waals surface area contributed by atoms with Crippen LogP contribution in [0.2, 0.25) is 0 Å². The first kappa shape index (κ1) is 16.0. The molecule has 0 saturated heterocycles. The van der Waals surface area contributed by atoms with E-state index in [9.17, 15) is 0 Å². The lowest BCUT2D eigenvalue weighted by Gasteiger charge is -2.24. The Morgan fingerprint density at radius 1 is 1.19 bits per heavy atom. The molecule has 0 unspecified atom stereocenters. The average molecular weight is 311 g/mol. The molecule has 4 nitrogen and oxygen atoms in total. The zero-order valence-electron chi connectivity index (χ0n) is 13.4. The molecule has 2 aromatic rings. The molecule has 1 aromatic carbocycles. The zero-order chi connectivity index (χ0) is 15.6. The first-order valence-corrected chi connectivity index (χ1v) is 7.66.